The predicted molar refractivity (Wildman–Crippen MR) is 33.8 cm³/mol. The van der Waals surface area contributed by atoms with Crippen LogP contribution < -0.4 is 0 Å². The number of hydrogen-bond donors (Lipinski definition) is 1. The van der Waals surface area contributed by atoms with Crippen molar-refractivity contribution in [2.24, 2.45) is 7.05 Å². The lowest BCUT2D eigenvalue weighted by molar-refractivity contribution is 0.272. The van der Waals surface area contributed by atoms with E-state index in [0.717, 1.165) is 0 Å². The Morgan fingerprint density at radius 1 is 1.90 bits per heavy atom. The fraction of sp³-hybridized carbons (Fsp3) is 0.333. The number of aryl methyl sites for hydroxylation is 1. The molecule has 0 fully saturated rings. The molecule has 0 saturated carbocycles. The lowest BCUT2D eigenvalue weighted by Crippen LogP contribution is -1.95. The fourth-order valence-corrected chi connectivity index (χ4v) is 0.735. The Kier molecular flexibility index (Phi) is 1.69. The molecule has 0 radical (unpaired) electrons. The van der Waals surface area contributed by atoms with Crippen LogP contribution in [0.3, 0.4) is 0 Å². The minimum Gasteiger partial charge on any atom is -0.390 e. The molecule has 0 atom stereocenters. The first-order valence-corrected chi connectivity index (χ1v) is 2.80. The summed E-state index contributed by atoms with van der Waals surface area (Å²) in [6.45, 7) is -0.139. The number of aromatic nitrogens is 2. The quantitative estimate of drug-likeness (QED) is 0.582. The monoisotopic (exact) mass is 137 g/mol. The third-order valence-corrected chi connectivity index (χ3v) is 1.31. The molecule has 0 aromatic carbocycles. The Labute approximate surface area is 58.4 Å². The van der Waals surface area contributed by atoms with Crippen LogP contribution in [0.4, 0.5) is 0 Å². The number of nitriles is 1. The maximum atomic E-state index is 8.71. The van der Waals surface area contributed by atoms with Gasteiger partial charge in [-0.3, -0.25) is 0 Å². The number of hydrogen-bond acceptors (Lipinski definition) is 3. The number of aliphatic hydroxyl groups excluding tert-OH is 1. The third kappa shape index (κ3) is 0.870. The summed E-state index contributed by atoms with van der Waals surface area (Å²) in [5.74, 6) is 0. The van der Waals surface area contributed by atoms with Crippen molar-refractivity contribution >= 4 is 0 Å². The zero-order chi connectivity index (χ0) is 7.56. The molecule has 1 aromatic heterocycles. The minimum absolute atomic E-state index is 0.139. The van der Waals surface area contributed by atoms with Gasteiger partial charge in [0.2, 0.25) is 0 Å². The largest absolute Gasteiger partial charge is 0.390 e. The average Bonchev–Trinajstić information content (AvgIpc) is 2.30. The molecule has 1 heterocycles. The van der Waals surface area contributed by atoms with Gasteiger partial charge in [0, 0.05) is 7.05 Å². The third-order valence-electron chi connectivity index (χ3n) is 1.31. The van der Waals surface area contributed by atoms with Crippen LogP contribution in [-0.2, 0) is 13.7 Å². The lowest BCUT2D eigenvalue weighted by Gasteiger charge is -1.94. The number of aliphatic hydroxyl groups is 1. The van der Waals surface area contributed by atoms with Gasteiger partial charge in [-0.1, -0.05) is 0 Å². The molecule has 1 rings (SSSR count). The average molecular weight is 137 g/mol. The summed E-state index contributed by atoms with van der Waals surface area (Å²) < 4.78 is 1.62. The van der Waals surface area contributed by atoms with Crippen LogP contribution in [0.15, 0.2) is 6.33 Å². The fourth-order valence-electron chi connectivity index (χ4n) is 0.735. The molecule has 1 aromatic rings. The van der Waals surface area contributed by atoms with Crippen molar-refractivity contribution in [2.45, 2.75) is 6.61 Å². The summed E-state index contributed by atoms with van der Waals surface area (Å²) in [6.07, 6.45) is 1.50. The number of rotatable bonds is 1. The summed E-state index contributed by atoms with van der Waals surface area (Å²) in [4.78, 5) is 3.75. The summed E-state index contributed by atoms with van der Waals surface area (Å²) in [6, 6.07) is 1.88. The maximum Gasteiger partial charge on any atom is 0.164 e. The van der Waals surface area contributed by atoms with E-state index >= 15 is 0 Å². The Hall–Kier alpha value is -1.34. The van der Waals surface area contributed by atoms with Crippen molar-refractivity contribution in [3.63, 3.8) is 0 Å². The molecule has 0 amide bonds. The molecule has 0 spiro atoms. The molecule has 0 unspecified atom stereocenters. The van der Waals surface area contributed by atoms with Crippen LogP contribution in [0.1, 0.15) is 11.4 Å². The van der Waals surface area contributed by atoms with E-state index in [1.54, 1.807) is 11.6 Å². The highest BCUT2D eigenvalue weighted by Gasteiger charge is 2.04. The number of nitrogens with zero attached hydrogens (tertiary/aromatic N) is 3. The van der Waals surface area contributed by atoms with Crippen molar-refractivity contribution in [3.8, 4) is 6.07 Å². The van der Waals surface area contributed by atoms with E-state index in [1.165, 1.54) is 6.33 Å². The van der Waals surface area contributed by atoms with Crippen molar-refractivity contribution in [2.75, 3.05) is 0 Å². The van der Waals surface area contributed by atoms with Gasteiger partial charge in [-0.05, 0) is 0 Å². The van der Waals surface area contributed by atoms with Crippen LogP contribution in [0.25, 0.3) is 0 Å². The van der Waals surface area contributed by atoms with Crippen molar-refractivity contribution in [1.29, 1.82) is 5.26 Å². The molecule has 0 bridgehead atoms. The van der Waals surface area contributed by atoms with Crippen LogP contribution in [-0.4, -0.2) is 14.7 Å². The summed E-state index contributed by atoms with van der Waals surface area (Å²) in [5, 5.41) is 17.1. The van der Waals surface area contributed by atoms with Gasteiger partial charge >= 0.3 is 0 Å². The number of imidazole rings is 1. The van der Waals surface area contributed by atoms with E-state index in [1.807, 2.05) is 6.07 Å². The highest BCUT2D eigenvalue weighted by molar-refractivity contribution is 5.25. The van der Waals surface area contributed by atoms with Gasteiger partial charge < -0.3 is 9.67 Å². The Morgan fingerprint density at radius 3 is 3.00 bits per heavy atom. The van der Waals surface area contributed by atoms with E-state index in [0.29, 0.717) is 11.4 Å². The van der Waals surface area contributed by atoms with E-state index in [-0.39, 0.29) is 6.61 Å². The van der Waals surface area contributed by atoms with Gasteiger partial charge in [0.05, 0.1) is 18.6 Å². The first kappa shape index (κ1) is 6.78. The van der Waals surface area contributed by atoms with Crippen molar-refractivity contribution in [1.82, 2.24) is 9.55 Å². The molecule has 1 N–H and O–H groups in total. The molecular weight excluding hydrogens is 130 g/mol. The second kappa shape index (κ2) is 2.50. The van der Waals surface area contributed by atoms with Crippen LogP contribution in [0.2, 0.25) is 0 Å². The van der Waals surface area contributed by atoms with Gasteiger partial charge in [-0.2, -0.15) is 5.26 Å². The van der Waals surface area contributed by atoms with E-state index in [4.69, 9.17) is 10.4 Å². The highest BCUT2D eigenvalue weighted by Crippen LogP contribution is 2.02. The van der Waals surface area contributed by atoms with E-state index in [9.17, 15) is 0 Å². The molecule has 52 valence electrons. The topological polar surface area (TPSA) is 61.8 Å². The normalized spacial score (nSPS) is 9.30. The SMILES string of the molecule is Cn1cnc(C#N)c1CO. The molecule has 4 nitrogen and oxygen atoms in total. The summed E-state index contributed by atoms with van der Waals surface area (Å²) in [7, 11) is 1.74. The molecule has 0 aliphatic carbocycles. The first-order valence-electron chi connectivity index (χ1n) is 2.80. The van der Waals surface area contributed by atoms with Gasteiger partial charge in [0.15, 0.2) is 5.69 Å². The van der Waals surface area contributed by atoms with Crippen LogP contribution in [0.5, 0.6) is 0 Å². The zero-order valence-corrected chi connectivity index (χ0v) is 5.57. The minimum atomic E-state index is -0.139. The Morgan fingerprint density at radius 2 is 2.60 bits per heavy atom. The first-order chi connectivity index (χ1) is 4.79. The van der Waals surface area contributed by atoms with E-state index in [2.05, 4.69) is 4.98 Å². The van der Waals surface area contributed by atoms with Crippen molar-refractivity contribution in [3.05, 3.63) is 17.7 Å². The second-order valence-electron chi connectivity index (χ2n) is 1.92. The van der Waals surface area contributed by atoms with Crippen LogP contribution in [0, 0.1) is 11.3 Å². The molecule has 0 saturated heterocycles. The van der Waals surface area contributed by atoms with Gasteiger partial charge in [0.25, 0.3) is 0 Å². The summed E-state index contributed by atoms with van der Waals surface area (Å²) >= 11 is 0. The van der Waals surface area contributed by atoms with Gasteiger partial charge in [-0.25, -0.2) is 4.98 Å². The maximum absolute atomic E-state index is 8.71. The summed E-state index contributed by atoms with van der Waals surface area (Å²) in [5.41, 5.74) is 0.854. The second-order valence-corrected chi connectivity index (χ2v) is 1.92. The molecule has 0 aliphatic heterocycles. The molecular formula is C6H7N3O. The predicted octanol–water partition coefficient (Wildman–Crippen LogP) is -0.216. The van der Waals surface area contributed by atoms with Gasteiger partial charge in [0.1, 0.15) is 6.07 Å². The molecule has 10 heavy (non-hydrogen) atoms. The zero-order valence-electron chi connectivity index (χ0n) is 5.57. The highest BCUT2D eigenvalue weighted by atomic mass is 16.3. The lowest BCUT2D eigenvalue weighted by atomic mass is 10.3. The van der Waals surface area contributed by atoms with Gasteiger partial charge in [-0.15, -0.1) is 0 Å². The smallest absolute Gasteiger partial charge is 0.164 e. The standard InChI is InChI=1S/C6H7N3O/c1-9-4-8-5(2-7)6(9)3-10/h4,10H,3H2,1H3. The molecule has 4 heteroatoms. The van der Waals surface area contributed by atoms with E-state index < -0.39 is 0 Å². The Bertz CT molecular complexity index is 271. The van der Waals surface area contributed by atoms with Crippen LogP contribution >= 0.6 is 0 Å². The van der Waals surface area contributed by atoms with Crippen molar-refractivity contribution < 1.29 is 5.11 Å². The molecule has 0 aliphatic rings. The Balaban J connectivity index is 3.16.